The lowest BCUT2D eigenvalue weighted by Gasteiger charge is -2.28. The zero-order valence-electron chi connectivity index (χ0n) is 12.1. The third-order valence-corrected chi connectivity index (χ3v) is 5.16. The van der Waals surface area contributed by atoms with E-state index in [4.69, 9.17) is 17.3 Å². The molecule has 0 spiro atoms. The van der Waals surface area contributed by atoms with Gasteiger partial charge in [0, 0.05) is 23.8 Å². The number of halogens is 1. The van der Waals surface area contributed by atoms with Gasteiger partial charge in [0.15, 0.2) is 0 Å². The minimum Gasteiger partial charge on any atom is -0.398 e. The SMILES string of the molecule is CCN(CC(C)(C)O)S(=O)(=O)c1cc(Cl)cc(N)c1C. The summed E-state index contributed by atoms with van der Waals surface area (Å²) in [6, 6.07) is 2.90. The lowest BCUT2D eigenvalue weighted by Crippen LogP contribution is -2.42. The highest BCUT2D eigenvalue weighted by Crippen LogP contribution is 2.28. The molecule has 3 N–H and O–H groups in total. The molecule has 0 unspecified atom stereocenters. The van der Waals surface area contributed by atoms with Crippen molar-refractivity contribution in [2.45, 2.75) is 38.2 Å². The van der Waals surface area contributed by atoms with Crippen molar-refractivity contribution in [3.63, 3.8) is 0 Å². The molecule has 0 aliphatic heterocycles. The van der Waals surface area contributed by atoms with E-state index in [2.05, 4.69) is 0 Å². The van der Waals surface area contributed by atoms with E-state index >= 15 is 0 Å². The predicted octanol–water partition coefficient (Wildman–Crippen LogP) is 2.01. The molecule has 1 aromatic rings. The molecular weight excluding hydrogens is 300 g/mol. The van der Waals surface area contributed by atoms with Gasteiger partial charge < -0.3 is 10.8 Å². The molecule has 0 aromatic heterocycles. The highest BCUT2D eigenvalue weighted by molar-refractivity contribution is 7.89. The van der Waals surface area contributed by atoms with Crippen LogP contribution < -0.4 is 5.73 Å². The molecule has 5 nitrogen and oxygen atoms in total. The zero-order valence-corrected chi connectivity index (χ0v) is 13.7. The van der Waals surface area contributed by atoms with E-state index in [-0.39, 0.29) is 23.0 Å². The molecule has 7 heteroatoms. The second-order valence-corrected chi connectivity index (χ2v) is 7.70. The maximum Gasteiger partial charge on any atom is 0.243 e. The molecule has 1 aromatic carbocycles. The van der Waals surface area contributed by atoms with Crippen molar-refractivity contribution in [1.82, 2.24) is 4.31 Å². The van der Waals surface area contributed by atoms with Crippen molar-refractivity contribution in [3.05, 3.63) is 22.7 Å². The summed E-state index contributed by atoms with van der Waals surface area (Å²) in [5.74, 6) is 0. The largest absolute Gasteiger partial charge is 0.398 e. The Balaban J connectivity index is 3.35. The van der Waals surface area contributed by atoms with Gasteiger partial charge in [-0.2, -0.15) is 4.31 Å². The number of nitrogens with zero attached hydrogens (tertiary/aromatic N) is 1. The van der Waals surface area contributed by atoms with Gasteiger partial charge >= 0.3 is 0 Å². The summed E-state index contributed by atoms with van der Waals surface area (Å²) >= 11 is 5.90. The maximum atomic E-state index is 12.7. The number of hydrogen-bond acceptors (Lipinski definition) is 4. The molecule has 0 aliphatic carbocycles. The number of rotatable bonds is 5. The number of nitrogens with two attached hydrogens (primary N) is 1. The second-order valence-electron chi connectivity index (χ2n) is 5.36. The summed E-state index contributed by atoms with van der Waals surface area (Å²) in [5.41, 5.74) is 5.44. The number of benzene rings is 1. The molecule has 0 fully saturated rings. The Morgan fingerprint density at radius 3 is 2.40 bits per heavy atom. The van der Waals surface area contributed by atoms with Crippen LogP contribution in [0.5, 0.6) is 0 Å². The lowest BCUT2D eigenvalue weighted by molar-refractivity contribution is 0.0601. The molecule has 0 saturated carbocycles. The van der Waals surface area contributed by atoms with Gasteiger partial charge in [-0.1, -0.05) is 18.5 Å². The molecule has 0 heterocycles. The van der Waals surface area contributed by atoms with Gasteiger partial charge in [0.05, 0.1) is 10.5 Å². The van der Waals surface area contributed by atoms with Gasteiger partial charge in [-0.15, -0.1) is 0 Å². The number of likely N-dealkylation sites (N-methyl/N-ethyl adjacent to an activating group) is 1. The molecule has 0 atom stereocenters. The molecule has 20 heavy (non-hydrogen) atoms. The first-order valence-electron chi connectivity index (χ1n) is 6.27. The Morgan fingerprint density at radius 1 is 1.40 bits per heavy atom. The quantitative estimate of drug-likeness (QED) is 0.813. The first kappa shape index (κ1) is 17.2. The average molecular weight is 321 g/mol. The van der Waals surface area contributed by atoms with Crippen molar-refractivity contribution in [2.75, 3.05) is 18.8 Å². The molecule has 0 aliphatic rings. The van der Waals surface area contributed by atoms with Crippen LogP contribution in [0.2, 0.25) is 5.02 Å². The Bertz CT molecular complexity index is 594. The highest BCUT2D eigenvalue weighted by atomic mass is 35.5. The van der Waals surface area contributed by atoms with E-state index in [1.54, 1.807) is 27.7 Å². The molecule has 0 radical (unpaired) electrons. The van der Waals surface area contributed by atoms with Crippen LogP contribution in [0.25, 0.3) is 0 Å². The Kier molecular flexibility index (Phi) is 5.08. The molecular formula is C13H21ClN2O3S. The number of sulfonamides is 1. The van der Waals surface area contributed by atoms with Gasteiger partial charge in [0.2, 0.25) is 10.0 Å². The first-order valence-corrected chi connectivity index (χ1v) is 8.09. The predicted molar refractivity (Wildman–Crippen MR) is 81.3 cm³/mol. The second kappa shape index (κ2) is 5.89. The van der Waals surface area contributed by atoms with Crippen LogP contribution in [0.1, 0.15) is 26.3 Å². The third kappa shape index (κ3) is 3.85. The fourth-order valence-electron chi connectivity index (χ4n) is 1.88. The van der Waals surface area contributed by atoms with E-state index in [0.717, 1.165) is 0 Å². The summed E-state index contributed by atoms with van der Waals surface area (Å²) in [4.78, 5) is 0.0774. The van der Waals surface area contributed by atoms with Crippen LogP contribution >= 0.6 is 11.6 Å². The van der Waals surface area contributed by atoms with E-state index in [9.17, 15) is 13.5 Å². The normalized spacial score (nSPS) is 12.9. The van der Waals surface area contributed by atoms with Crippen LogP contribution in [-0.2, 0) is 10.0 Å². The fraction of sp³-hybridized carbons (Fsp3) is 0.538. The van der Waals surface area contributed by atoms with E-state index in [1.165, 1.54) is 16.4 Å². The summed E-state index contributed by atoms with van der Waals surface area (Å²) in [5, 5.41) is 10.1. The van der Waals surface area contributed by atoms with E-state index < -0.39 is 15.6 Å². The van der Waals surface area contributed by atoms with Gasteiger partial charge in [-0.3, -0.25) is 0 Å². The van der Waals surface area contributed by atoms with Crippen LogP contribution in [0.3, 0.4) is 0 Å². The molecule has 0 bridgehead atoms. The molecule has 0 amide bonds. The summed E-state index contributed by atoms with van der Waals surface area (Å²) < 4.78 is 26.5. The van der Waals surface area contributed by atoms with Crippen molar-refractivity contribution in [2.24, 2.45) is 0 Å². The van der Waals surface area contributed by atoms with E-state index in [1.807, 2.05) is 0 Å². The van der Waals surface area contributed by atoms with Crippen LogP contribution in [0.15, 0.2) is 17.0 Å². The molecule has 0 saturated heterocycles. The first-order chi connectivity index (χ1) is 8.99. The number of hydrogen-bond donors (Lipinski definition) is 2. The maximum absolute atomic E-state index is 12.7. The summed E-state index contributed by atoms with van der Waals surface area (Å²) in [6.07, 6.45) is 0. The van der Waals surface area contributed by atoms with Crippen molar-refractivity contribution < 1.29 is 13.5 Å². The van der Waals surface area contributed by atoms with Gasteiger partial charge in [0.25, 0.3) is 0 Å². The summed E-state index contributed by atoms with van der Waals surface area (Å²) in [7, 11) is -3.75. The van der Waals surface area contributed by atoms with Crippen molar-refractivity contribution in [3.8, 4) is 0 Å². The third-order valence-electron chi connectivity index (χ3n) is 2.90. The van der Waals surface area contributed by atoms with Crippen LogP contribution in [0.4, 0.5) is 5.69 Å². The minimum atomic E-state index is -3.75. The minimum absolute atomic E-state index is 0.00229. The monoisotopic (exact) mass is 320 g/mol. The van der Waals surface area contributed by atoms with Crippen LogP contribution in [0, 0.1) is 6.92 Å². The average Bonchev–Trinajstić information content (AvgIpc) is 2.29. The Labute approximate surface area is 125 Å². The standard InChI is InChI=1S/C13H21ClN2O3S/c1-5-16(8-13(3,4)17)20(18,19)12-7-10(14)6-11(15)9(12)2/h6-7,17H,5,8,15H2,1-4H3. The topological polar surface area (TPSA) is 83.6 Å². The molecule has 1 rings (SSSR count). The number of nitrogen functional groups attached to an aromatic ring is 1. The van der Waals surface area contributed by atoms with Crippen molar-refractivity contribution >= 4 is 27.3 Å². The number of aliphatic hydroxyl groups is 1. The molecule has 114 valence electrons. The number of anilines is 1. The fourth-order valence-corrected chi connectivity index (χ4v) is 4.06. The van der Waals surface area contributed by atoms with Gasteiger partial charge in [0.1, 0.15) is 0 Å². The van der Waals surface area contributed by atoms with E-state index in [0.29, 0.717) is 11.3 Å². The lowest BCUT2D eigenvalue weighted by atomic mass is 10.1. The Morgan fingerprint density at radius 2 is 1.95 bits per heavy atom. The van der Waals surface area contributed by atoms with Gasteiger partial charge in [-0.25, -0.2) is 8.42 Å². The van der Waals surface area contributed by atoms with Crippen LogP contribution in [-0.4, -0.2) is 36.5 Å². The van der Waals surface area contributed by atoms with Crippen molar-refractivity contribution in [1.29, 1.82) is 0 Å². The Hall–Kier alpha value is -0.820. The highest BCUT2D eigenvalue weighted by Gasteiger charge is 2.30. The summed E-state index contributed by atoms with van der Waals surface area (Å²) in [6.45, 7) is 6.72. The smallest absolute Gasteiger partial charge is 0.243 e. The van der Waals surface area contributed by atoms with Gasteiger partial charge in [-0.05, 0) is 38.5 Å². The zero-order chi connectivity index (χ0) is 15.7.